The lowest BCUT2D eigenvalue weighted by Crippen LogP contribution is -2.24. The Kier molecular flexibility index (Phi) is 7.77. The normalized spacial score (nSPS) is 10.7. The highest BCUT2D eigenvalue weighted by Gasteiger charge is 2.15. The van der Waals surface area contributed by atoms with E-state index in [2.05, 4.69) is 10.4 Å². The van der Waals surface area contributed by atoms with Gasteiger partial charge in [-0.2, -0.15) is 5.10 Å². The zero-order valence-electron chi connectivity index (χ0n) is 20.3. The molecule has 1 heterocycles. The summed E-state index contributed by atoms with van der Waals surface area (Å²) in [6.07, 6.45) is 2.45. The number of hydrogen-bond acceptors (Lipinski definition) is 5. The molecule has 4 rings (SSSR count). The van der Waals surface area contributed by atoms with Gasteiger partial charge in [-0.1, -0.05) is 25.1 Å². The number of nitrogens with zero attached hydrogens (tertiary/aromatic N) is 3. The number of nitrogens with one attached hydrogen (secondary N) is 1. The van der Waals surface area contributed by atoms with E-state index in [4.69, 9.17) is 14.5 Å². The van der Waals surface area contributed by atoms with Gasteiger partial charge in [0.25, 0.3) is 5.91 Å². The average molecular weight is 471 g/mol. The first-order valence-corrected chi connectivity index (χ1v) is 11.7. The van der Waals surface area contributed by atoms with Gasteiger partial charge in [-0.05, 0) is 73.0 Å². The zero-order valence-corrected chi connectivity index (χ0v) is 20.3. The molecular weight excluding hydrogens is 440 g/mol. The highest BCUT2D eigenvalue weighted by molar-refractivity contribution is 5.94. The summed E-state index contributed by atoms with van der Waals surface area (Å²) in [5.41, 5.74) is 3.51. The van der Waals surface area contributed by atoms with Gasteiger partial charge in [0, 0.05) is 24.1 Å². The van der Waals surface area contributed by atoms with E-state index in [0.717, 1.165) is 47.2 Å². The Morgan fingerprint density at radius 1 is 0.943 bits per heavy atom. The third-order valence-electron chi connectivity index (χ3n) is 5.76. The summed E-state index contributed by atoms with van der Waals surface area (Å²) in [7, 11) is 3.30. The van der Waals surface area contributed by atoms with Crippen molar-refractivity contribution in [1.82, 2.24) is 20.1 Å². The summed E-state index contributed by atoms with van der Waals surface area (Å²) in [5, 5.41) is 7.70. The molecule has 0 fully saturated rings. The van der Waals surface area contributed by atoms with Crippen LogP contribution in [0, 0.1) is 0 Å². The van der Waals surface area contributed by atoms with Crippen LogP contribution in [0.4, 0.5) is 0 Å². The molecule has 4 aromatic rings. The molecule has 0 spiro atoms. The molecule has 0 saturated heterocycles. The van der Waals surface area contributed by atoms with E-state index in [9.17, 15) is 4.79 Å². The van der Waals surface area contributed by atoms with Crippen LogP contribution in [0.2, 0.25) is 0 Å². The molecule has 0 atom stereocenters. The summed E-state index contributed by atoms with van der Waals surface area (Å²) in [4.78, 5) is 17.5. The number of methoxy groups -OCH3 is 2. The van der Waals surface area contributed by atoms with Crippen LogP contribution in [-0.2, 0) is 12.8 Å². The molecule has 0 saturated carbocycles. The van der Waals surface area contributed by atoms with E-state index in [1.165, 1.54) is 5.56 Å². The minimum Gasteiger partial charge on any atom is -0.497 e. The maximum Gasteiger partial charge on any atom is 0.251 e. The van der Waals surface area contributed by atoms with Crippen molar-refractivity contribution in [2.75, 3.05) is 20.8 Å². The lowest BCUT2D eigenvalue weighted by molar-refractivity contribution is 0.0953. The highest BCUT2D eigenvalue weighted by atomic mass is 16.5. The first-order valence-electron chi connectivity index (χ1n) is 11.7. The summed E-state index contributed by atoms with van der Waals surface area (Å²) in [6.45, 7) is 2.61. The monoisotopic (exact) mass is 470 g/mol. The van der Waals surface area contributed by atoms with Gasteiger partial charge in [0.1, 0.15) is 11.5 Å². The van der Waals surface area contributed by atoms with Crippen molar-refractivity contribution in [2.24, 2.45) is 0 Å². The van der Waals surface area contributed by atoms with E-state index >= 15 is 0 Å². The number of amides is 1. The van der Waals surface area contributed by atoms with Crippen LogP contribution in [0.3, 0.4) is 0 Å². The number of carbonyl (C=O) groups is 1. The number of aromatic nitrogens is 3. The molecule has 0 bridgehead atoms. The standard InChI is InChI=1S/C28H30N4O3/c1-4-26-30-27(21-12-16-25(35-3)17-13-21)32(31-26)23-9-5-8-22(19-23)28(33)29-18-6-7-20-10-14-24(34-2)15-11-20/h5,8-17,19H,4,6-7,18H2,1-3H3,(H,29,33). The second-order valence-corrected chi connectivity index (χ2v) is 8.10. The zero-order chi connectivity index (χ0) is 24.6. The molecule has 7 heteroatoms. The topological polar surface area (TPSA) is 78.3 Å². The van der Waals surface area contributed by atoms with E-state index in [1.54, 1.807) is 18.9 Å². The molecule has 180 valence electrons. The third kappa shape index (κ3) is 5.87. The van der Waals surface area contributed by atoms with Crippen molar-refractivity contribution < 1.29 is 14.3 Å². The van der Waals surface area contributed by atoms with E-state index in [-0.39, 0.29) is 5.91 Å². The SMILES string of the molecule is CCc1nc(-c2ccc(OC)cc2)n(-c2cccc(C(=O)NCCCc3ccc(OC)cc3)c2)n1. The number of benzene rings is 3. The van der Waals surface area contributed by atoms with Crippen LogP contribution < -0.4 is 14.8 Å². The first kappa shape index (κ1) is 24.0. The third-order valence-corrected chi connectivity index (χ3v) is 5.76. The van der Waals surface area contributed by atoms with Crippen molar-refractivity contribution in [2.45, 2.75) is 26.2 Å². The Morgan fingerprint density at radius 2 is 1.63 bits per heavy atom. The van der Waals surface area contributed by atoms with Crippen molar-refractivity contribution in [3.05, 3.63) is 89.7 Å². The predicted octanol–water partition coefficient (Wildman–Crippen LogP) is 4.88. The van der Waals surface area contributed by atoms with Crippen LogP contribution in [0.5, 0.6) is 11.5 Å². The van der Waals surface area contributed by atoms with Crippen molar-refractivity contribution in [3.8, 4) is 28.6 Å². The van der Waals surface area contributed by atoms with Crippen LogP contribution in [0.15, 0.2) is 72.8 Å². The maximum absolute atomic E-state index is 12.8. The average Bonchev–Trinajstić information content (AvgIpc) is 3.36. The Morgan fingerprint density at radius 3 is 2.29 bits per heavy atom. The van der Waals surface area contributed by atoms with Gasteiger partial charge in [0.05, 0.1) is 19.9 Å². The fraction of sp³-hybridized carbons (Fsp3) is 0.250. The van der Waals surface area contributed by atoms with Crippen molar-refractivity contribution >= 4 is 5.91 Å². The van der Waals surface area contributed by atoms with Crippen LogP contribution in [0.1, 0.15) is 35.1 Å². The minimum atomic E-state index is -0.108. The summed E-state index contributed by atoms with van der Waals surface area (Å²) >= 11 is 0. The van der Waals surface area contributed by atoms with Crippen molar-refractivity contribution in [3.63, 3.8) is 0 Å². The van der Waals surface area contributed by atoms with E-state index in [0.29, 0.717) is 18.5 Å². The van der Waals surface area contributed by atoms with Gasteiger partial charge >= 0.3 is 0 Å². The van der Waals surface area contributed by atoms with Crippen molar-refractivity contribution in [1.29, 1.82) is 0 Å². The predicted molar refractivity (Wildman–Crippen MR) is 136 cm³/mol. The summed E-state index contributed by atoms with van der Waals surface area (Å²) < 4.78 is 12.3. The molecule has 1 aromatic heterocycles. The van der Waals surface area contributed by atoms with Gasteiger partial charge in [-0.3, -0.25) is 4.79 Å². The van der Waals surface area contributed by atoms with Gasteiger partial charge in [-0.15, -0.1) is 0 Å². The number of hydrogen-bond donors (Lipinski definition) is 1. The molecule has 1 N–H and O–H groups in total. The summed E-state index contributed by atoms with van der Waals surface area (Å²) in [6, 6.07) is 23.2. The molecule has 0 unspecified atom stereocenters. The lowest BCUT2D eigenvalue weighted by atomic mass is 10.1. The number of aryl methyl sites for hydroxylation is 2. The number of rotatable bonds is 10. The Bertz CT molecular complexity index is 1260. The fourth-order valence-corrected chi connectivity index (χ4v) is 3.78. The smallest absolute Gasteiger partial charge is 0.251 e. The summed E-state index contributed by atoms with van der Waals surface area (Å²) in [5.74, 6) is 2.98. The molecule has 0 aliphatic rings. The van der Waals surface area contributed by atoms with Gasteiger partial charge in [0.15, 0.2) is 11.6 Å². The molecule has 0 radical (unpaired) electrons. The Balaban J connectivity index is 1.45. The minimum absolute atomic E-state index is 0.108. The van der Waals surface area contributed by atoms with Gasteiger partial charge < -0.3 is 14.8 Å². The molecule has 7 nitrogen and oxygen atoms in total. The largest absolute Gasteiger partial charge is 0.497 e. The molecule has 35 heavy (non-hydrogen) atoms. The second kappa shape index (κ2) is 11.3. The van der Waals surface area contributed by atoms with Crippen LogP contribution in [-0.4, -0.2) is 41.4 Å². The molecule has 3 aromatic carbocycles. The van der Waals surface area contributed by atoms with E-state index < -0.39 is 0 Å². The highest BCUT2D eigenvalue weighted by Crippen LogP contribution is 2.24. The quantitative estimate of drug-likeness (QED) is 0.334. The molecule has 0 aliphatic heterocycles. The Labute approximate surface area is 205 Å². The number of carbonyl (C=O) groups excluding carboxylic acids is 1. The van der Waals surface area contributed by atoms with E-state index in [1.807, 2.05) is 79.7 Å². The maximum atomic E-state index is 12.8. The van der Waals surface area contributed by atoms with Crippen LogP contribution in [0.25, 0.3) is 17.1 Å². The van der Waals surface area contributed by atoms with Gasteiger partial charge in [0.2, 0.25) is 0 Å². The molecule has 1 amide bonds. The van der Waals surface area contributed by atoms with Crippen LogP contribution >= 0.6 is 0 Å². The number of ether oxygens (including phenoxy) is 2. The first-order chi connectivity index (χ1) is 17.1. The van der Waals surface area contributed by atoms with Gasteiger partial charge in [-0.25, -0.2) is 9.67 Å². The molecule has 0 aliphatic carbocycles. The lowest BCUT2D eigenvalue weighted by Gasteiger charge is -2.10. The second-order valence-electron chi connectivity index (χ2n) is 8.10. The molecular formula is C28H30N4O3. The fourth-order valence-electron chi connectivity index (χ4n) is 3.78. The Hall–Kier alpha value is -4.13.